The molecule has 142 valence electrons. The monoisotopic (exact) mass is 365 g/mol. The maximum absolute atomic E-state index is 12.8. The maximum atomic E-state index is 12.8. The van der Waals surface area contributed by atoms with E-state index in [9.17, 15) is 9.59 Å². The summed E-state index contributed by atoms with van der Waals surface area (Å²) in [6.07, 6.45) is 7.14. The highest BCUT2D eigenvalue weighted by Crippen LogP contribution is 2.33. The van der Waals surface area contributed by atoms with Crippen LogP contribution in [0.15, 0.2) is 36.5 Å². The predicted molar refractivity (Wildman–Crippen MR) is 105 cm³/mol. The van der Waals surface area contributed by atoms with Crippen LogP contribution in [0.3, 0.4) is 0 Å². The van der Waals surface area contributed by atoms with Crippen LogP contribution >= 0.6 is 0 Å². The highest BCUT2D eigenvalue weighted by atomic mass is 16.2. The molecule has 0 radical (unpaired) electrons. The minimum Gasteiger partial charge on any atom is -0.356 e. The Morgan fingerprint density at radius 1 is 1.19 bits per heavy atom. The fourth-order valence-electron chi connectivity index (χ4n) is 4.38. The van der Waals surface area contributed by atoms with Crippen LogP contribution in [0.4, 0.5) is 0 Å². The van der Waals surface area contributed by atoms with Crippen molar-refractivity contribution in [2.75, 3.05) is 26.7 Å². The van der Waals surface area contributed by atoms with Crippen LogP contribution < -0.4 is 0 Å². The van der Waals surface area contributed by atoms with Crippen LogP contribution in [0.2, 0.25) is 0 Å². The van der Waals surface area contributed by atoms with E-state index in [0.717, 1.165) is 45.2 Å². The molecule has 2 aliphatic rings. The van der Waals surface area contributed by atoms with E-state index in [4.69, 9.17) is 0 Å². The van der Waals surface area contributed by atoms with Gasteiger partial charge in [0.05, 0.1) is 6.54 Å². The van der Waals surface area contributed by atoms with Crippen molar-refractivity contribution in [3.63, 3.8) is 0 Å². The fraction of sp³-hybridized carbons (Fsp3) is 0.455. The lowest BCUT2D eigenvalue weighted by Gasteiger charge is -2.32. The zero-order valence-electron chi connectivity index (χ0n) is 15.9. The number of nitrogens with one attached hydrogen (secondary N) is 1. The third kappa shape index (κ3) is 3.69. The summed E-state index contributed by atoms with van der Waals surface area (Å²) >= 11 is 0. The fourth-order valence-corrected chi connectivity index (χ4v) is 4.38. The number of hydrogen-bond acceptors (Lipinski definition) is 3. The number of aromatic amines is 1. The average molecular weight is 365 g/mol. The molecule has 5 heteroatoms. The van der Waals surface area contributed by atoms with E-state index in [0.29, 0.717) is 17.8 Å². The summed E-state index contributed by atoms with van der Waals surface area (Å²) in [6.45, 7) is 1.98. The number of carbonyl (C=O) groups is 2. The number of aryl methyl sites for hydroxylation is 1. The molecule has 4 rings (SSSR count). The van der Waals surface area contributed by atoms with E-state index >= 15 is 0 Å². The van der Waals surface area contributed by atoms with Crippen LogP contribution in [-0.2, 0) is 6.42 Å². The second kappa shape index (κ2) is 7.69. The summed E-state index contributed by atoms with van der Waals surface area (Å²) < 4.78 is 0. The molecule has 2 heterocycles. The zero-order valence-corrected chi connectivity index (χ0v) is 15.9. The maximum Gasteiger partial charge on any atom is 0.270 e. The van der Waals surface area contributed by atoms with Crippen LogP contribution in [0, 0.1) is 0 Å². The second-order valence-electron chi connectivity index (χ2n) is 7.75. The molecular weight excluding hydrogens is 338 g/mol. The Balaban J connectivity index is 1.43. The van der Waals surface area contributed by atoms with Crippen molar-refractivity contribution in [2.24, 2.45) is 0 Å². The number of ketones is 1. The summed E-state index contributed by atoms with van der Waals surface area (Å²) in [7, 11) is 2.02. The Labute approximate surface area is 160 Å². The van der Waals surface area contributed by atoms with Crippen LogP contribution in [0.1, 0.15) is 63.7 Å². The molecule has 1 atom stereocenters. The van der Waals surface area contributed by atoms with E-state index in [1.54, 1.807) is 12.3 Å². The van der Waals surface area contributed by atoms with Gasteiger partial charge in [0.15, 0.2) is 5.78 Å². The molecule has 1 unspecified atom stereocenters. The minimum absolute atomic E-state index is 0.00103. The smallest absolute Gasteiger partial charge is 0.270 e. The molecule has 1 N–H and O–H groups in total. The SMILES string of the molecule is CN(CC(=O)c1c[nH]c(C(=O)N2CCCC2)c1)C1CCCc2ccccc21. The largest absolute Gasteiger partial charge is 0.356 e. The van der Waals surface area contributed by atoms with Crippen molar-refractivity contribution >= 4 is 11.7 Å². The molecular formula is C22H27N3O2. The first-order chi connectivity index (χ1) is 13.1. The molecule has 1 amide bonds. The summed E-state index contributed by atoms with van der Waals surface area (Å²) in [4.78, 5) is 32.2. The molecule has 1 aromatic heterocycles. The van der Waals surface area contributed by atoms with Crippen molar-refractivity contribution in [1.82, 2.24) is 14.8 Å². The van der Waals surface area contributed by atoms with E-state index in [1.165, 1.54) is 11.1 Å². The average Bonchev–Trinajstić information content (AvgIpc) is 3.39. The minimum atomic E-state index is 0.00103. The van der Waals surface area contributed by atoms with Crippen molar-refractivity contribution < 1.29 is 9.59 Å². The van der Waals surface area contributed by atoms with Gasteiger partial charge < -0.3 is 9.88 Å². The number of likely N-dealkylation sites (N-methyl/N-ethyl adjacent to an activating group) is 1. The van der Waals surface area contributed by atoms with Gasteiger partial charge in [0.2, 0.25) is 0 Å². The van der Waals surface area contributed by atoms with Crippen molar-refractivity contribution in [2.45, 2.75) is 38.1 Å². The summed E-state index contributed by atoms with van der Waals surface area (Å²) in [5.74, 6) is 0.0541. The number of nitrogens with zero attached hydrogens (tertiary/aromatic N) is 2. The lowest BCUT2D eigenvalue weighted by molar-refractivity contribution is 0.0787. The molecule has 1 aromatic carbocycles. The van der Waals surface area contributed by atoms with Gasteiger partial charge in [-0.2, -0.15) is 0 Å². The zero-order chi connectivity index (χ0) is 18.8. The molecule has 5 nitrogen and oxygen atoms in total. The molecule has 1 saturated heterocycles. The van der Waals surface area contributed by atoms with Gasteiger partial charge in [-0.1, -0.05) is 24.3 Å². The number of amides is 1. The number of benzene rings is 1. The molecule has 0 spiro atoms. The van der Waals surface area contributed by atoms with Gasteiger partial charge in [0.1, 0.15) is 5.69 Å². The molecule has 27 heavy (non-hydrogen) atoms. The molecule has 0 bridgehead atoms. The second-order valence-corrected chi connectivity index (χ2v) is 7.75. The number of carbonyl (C=O) groups excluding carboxylic acids is 2. The van der Waals surface area contributed by atoms with E-state index < -0.39 is 0 Å². The summed E-state index contributed by atoms with van der Waals surface area (Å²) in [6, 6.07) is 10.5. The lowest BCUT2D eigenvalue weighted by Crippen LogP contribution is -2.32. The van der Waals surface area contributed by atoms with Gasteiger partial charge in [-0.3, -0.25) is 14.5 Å². The standard InChI is InChI=1S/C22H27N3O2/c1-24(20-10-6-8-16-7-2-3-9-18(16)20)15-21(26)17-13-19(23-14-17)22(27)25-11-4-5-12-25/h2-3,7,9,13-14,20,23H,4-6,8,10-12,15H2,1H3. The topological polar surface area (TPSA) is 56.4 Å². The van der Waals surface area contributed by atoms with Gasteiger partial charge in [0.25, 0.3) is 5.91 Å². The Morgan fingerprint density at radius 2 is 1.96 bits per heavy atom. The van der Waals surface area contributed by atoms with Gasteiger partial charge >= 0.3 is 0 Å². The third-order valence-electron chi connectivity index (χ3n) is 5.89. The number of H-pyrrole nitrogens is 1. The number of aromatic nitrogens is 1. The number of hydrogen-bond donors (Lipinski definition) is 1. The molecule has 0 saturated carbocycles. The van der Waals surface area contributed by atoms with Gasteiger partial charge in [0, 0.05) is 30.9 Å². The predicted octanol–water partition coefficient (Wildman–Crippen LogP) is 3.44. The number of rotatable bonds is 5. The van der Waals surface area contributed by atoms with Crippen molar-refractivity contribution in [3.8, 4) is 0 Å². The first-order valence-corrected chi connectivity index (χ1v) is 9.92. The highest BCUT2D eigenvalue weighted by Gasteiger charge is 2.26. The third-order valence-corrected chi connectivity index (χ3v) is 5.89. The first kappa shape index (κ1) is 18.0. The van der Waals surface area contributed by atoms with Crippen LogP contribution in [-0.4, -0.2) is 53.2 Å². The Kier molecular flexibility index (Phi) is 5.12. The molecule has 2 aromatic rings. The first-order valence-electron chi connectivity index (χ1n) is 9.92. The van der Waals surface area contributed by atoms with E-state index in [-0.39, 0.29) is 17.7 Å². The van der Waals surface area contributed by atoms with Gasteiger partial charge in [-0.05, 0) is 56.3 Å². The van der Waals surface area contributed by atoms with E-state index in [1.807, 2.05) is 11.9 Å². The van der Waals surface area contributed by atoms with Crippen molar-refractivity contribution in [1.29, 1.82) is 0 Å². The van der Waals surface area contributed by atoms with Gasteiger partial charge in [-0.25, -0.2) is 0 Å². The van der Waals surface area contributed by atoms with Crippen LogP contribution in [0.25, 0.3) is 0 Å². The number of likely N-dealkylation sites (tertiary alicyclic amines) is 1. The normalized spacial score (nSPS) is 19.3. The van der Waals surface area contributed by atoms with Gasteiger partial charge in [-0.15, -0.1) is 0 Å². The molecule has 1 aliphatic carbocycles. The summed E-state index contributed by atoms with van der Waals surface area (Å²) in [5, 5.41) is 0. The Bertz CT molecular complexity index is 836. The lowest BCUT2D eigenvalue weighted by atomic mass is 9.87. The van der Waals surface area contributed by atoms with Crippen molar-refractivity contribution in [3.05, 3.63) is 58.9 Å². The Morgan fingerprint density at radius 3 is 2.78 bits per heavy atom. The molecule has 1 aliphatic heterocycles. The Hall–Kier alpha value is -2.40. The highest BCUT2D eigenvalue weighted by molar-refractivity contribution is 6.01. The number of fused-ring (bicyclic) bond motifs is 1. The summed E-state index contributed by atoms with van der Waals surface area (Å²) in [5.41, 5.74) is 3.85. The number of Topliss-reactive ketones (excluding diaryl/α,β-unsaturated/α-hetero) is 1. The quantitative estimate of drug-likeness (QED) is 0.826. The molecule has 1 fully saturated rings. The van der Waals surface area contributed by atoms with E-state index in [2.05, 4.69) is 34.1 Å². The van der Waals surface area contributed by atoms with Crippen LogP contribution in [0.5, 0.6) is 0 Å².